The van der Waals surface area contributed by atoms with Gasteiger partial charge < -0.3 is 14.8 Å². The number of Topliss-reactive ketones (excluding diaryl/α,β-unsaturated/α-hetero) is 3. The molecule has 1 aliphatic heterocycles. The Morgan fingerprint density at radius 3 is 1.93 bits per heavy atom. The highest BCUT2D eigenvalue weighted by molar-refractivity contribution is 6.15. The van der Waals surface area contributed by atoms with Crippen LogP contribution in [0.5, 0.6) is 5.75 Å². The van der Waals surface area contributed by atoms with Gasteiger partial charge in [0.15, 0.2) is 17.3 Å². The fourth-order valence-electron chi connectivity index (χ4n) is 6.20. The Kier molecular flexibility index (Phi) is 13.6. The second-order valence-electron chi connectivity index (χ2n) is 12.8. The number of carbonyl (C=O) groups excluding carboxylic acids is 4. The molecule has 0 saturated heterocycles. The van der Waals surface area contributed by atoms with Gasteiger partial charge in [-0.2, -0.15) is 10.2 Å². The molecule has 2 unspecified atom stereocenters. The van der Waals surface area contributed by atoms with E-state index < -0.39 is 68.7 Å². The molecule has 0 bridgehead atoms. The zero-order chi connectivity index (χ0) is 43.8. The summed E-state index contributed by atoms with van der Waals surface area (Å²) in [6.45, 7) is 1.28. The average Bonchev–Trinajstić information content (AvgIpc) is 3.83. The number of fused-ring (bicyclic) bond motifs is 1. The van der Waals surface area contributed by atoms with Crippen molar-refractivity contribution in [3.05, 3.63) is 158 Å². The van der Waals surface area contributed by atoms with E-state index >= 15 is 0 Å². The largest absolute Gasteiger partial charge is 0.497 e. The minimum Gasteiger partial charge on any atom is -0.497 e. The SMILES string of the molecule is CC(=O)c1cc(F)cc2c1C(=O)C(c1ncnn1C)C(c1ccc(F)cc1)N2.COC(=O)c1cc(F)cc([N+](=O)[O-])c1C(=O)Cc1ncnn1C.COc1ccc(F)cc1. The molecule has 0 saturated carbocycles. The number of ketones is 3. The van der Waals surface area contributed by atoms with Crippen LogP contribution < -0.4 is 10.1 Å². The summed E-state index contributed by atoms with van der Waals surface area (Å²) in [4.78, 5) is 67.9. The van der Waals surface area contributed by atoms with Gasteiger partial charge in [0.1, 0.15) is 64.8 Å². The quantitative estimate of drug-likeness (QED) is 0.0557. The maximum Gasteiger partial charge on any atom is 0.338 e. The second-order valence-corrected chi connectivity index (χ2v) is 12.8. The Hall–Kier alpha value is -7.64. The number of aromatic nitrogens is 6. The Balaban J connectivity index is 0.000000191. The van der Waals surface area contributed by atoms with E-state index in [1.807, 2.05) is 0 Å². The maximum atomic E-state index is 14.1. The average molecular weight is 831 g/mol. The lowest BCUT2D eigenvalue weighted by Gasteiger charge is -2.34. The summed E-state index contributed by atoms with van der Waals surface area (Å²) in [6, 6.07) is 14.5. The molecular formula is C40H34F4N8O8. The second kappa shape index (κ2) is 18.7. The molecule has 7 rings (SSSR count). The summed E-state index contributed by atoms with van der Waals surface area (Å²) in [5.74, 6) is -4.42. The minimum absolute atomic E-state index is 0.0113. The number of nitro groups is 1. The number of aryl methyl sites for hydroxylation is 2. The van der Waals surface area contributed by atoms with Crippen LogP contribution in [0.1, 0.15) is 77.5 Å². The van der Waals surface area contributed by atoms with Gasteiger partial charge >= 0.3 is 5.97 Å². The zero-order valence-electron chi connectivity index (χ0n) is 32.4. The number of hydrogen-bond acceptors (Lipinski definition) is 13. The van der Waals surface area contributed by atoms with Gasteiger partial charge in [0.25, 0.3) is 5.69 Å². The van der Waals surface area contributed by atoms with Gasteiger partial charge in [-0.15, -0.1) is 0 Å². The molecule has 0 radical (unpaired) electrons. The first-order valence-electron chi connectivity index (χ1n) is 17.5. The monoisotopic (exact) mass is 830 g/mol. The van der Waals surface area contributed by atoms with Gasteiger partial charge in [-0.1, -0.05) is 12.1 Å². The van der Waals surface area contributed by atoms with Crippen LogP contribution in [0.15, 0.2) is 85.5 Å². The van der Waals surface area contributed by atoms with E-state index in [9.17, 15) is 46.9 Å². The molecule has 2 atom stereocenters. The minimum atomic E-state index is -1.05. The van der Waals surface area contributed by atoms with Crippen LogP contribution in [0.4, 0.5) is 28.9 Å². The van der Waals surface area contributed by atoms with Gasteiger partial charge in [0.05, 0.1) is 48.8 Å². The summed E-state index contributed by atoms with van der Waals surface area (Å²) < 4.78 is 65.2. The molecule has 4 aromatic carbocycles. The number of methoxy groups -OCH3 is 2. The van der Waals surface area contributed by atoms with Crippen molar-refractivity contribution in [2.75, 3.05) is 19.5 Å². The molecule has 0 aliphatic carbocycles. The molecule has 0 fully saturated rings. The van der Waals surface area contributed by atoms with E-state index in [2.05, 4.69) is 30.2 Å². The predicted octanol–water partition coefficient (Wildman–Crippen LogP) is 6.34. The molecule has 6 aromatic rings. The van der Waals surface area contributed by atoms with Crippen LogP contribution in [0.25, 0.3) is 0 Å². The smallest absolute Gasteiger partial charge is 0.338 e. The first-order chi connectivity index (χ1) is 28.5. The third-order valence-electron chi connectivity index (χ3n) is 9.05. The molecule has 3 heterocycles. The van der Waals surface area contributed by atoms with Crippen LogP contribution in [0, 0.1) is 33.4 Å². The molecule has 2 aromatic heterocycles. The molecular weight excluding hydrogens is 796 g/mol. The van der Waals surface area contributed by atoms with Gasteiger partial charge in [-0.3, -0.25) is 33.9 Å². The normalized spacial score (nSPS) is 14.0. The van der Waals surface area contributed by atoms with Crippen molar-refractivity contribution < 1.29 is 51.1 Å². The van der Waals surface area contributed by atoms with E-state index in [0.29, 0.717) is 23.2 Å². The number of anilines is 1. The summed E-state index contributed by atoms with van der Waals surface area (Å²) in [6.07, 6.45) is 2.20. The molecule has 20 heteroatoms. The number of rotatable bonds is 9. The lowest BCUT2D eigenvalue weighted by Crippen LogP contribution is -2.34. The molecule has 60 heavy (non-hydrogen) atoms. The molecule has 0 spiro atoms. The van der Waals surface area contributed by atoms with E-state index in [4.69, 9.17) is 4.74 Å². The number of esters is 1. The number of hydrogen-bond donors (Lipinski definition) is 1. The standard InChI is InChI=1S/C20H16F2N4O2.C13H11FN4O5.C7H7FO/c1-10(27)14-7-13(22)8-15-16(14)19(28)17(20-23-9-24-26(20)2)18(25-15)11-3-5-12(21)6-4-11;1-17-11(15-6-16-17)5-10(19)12-8(13(20)23-2)3-7(14)4-9(12)18(21)22;1-9-7-4-2-6(8)3-5-7/h3-9,17-18,25H,1-2H3;3-4,6H,5H2,1-2H3;2-5H,1H3. The lowest BCUT2D eigenvalue weighted by molar-refractivity contribution is -0.385. The van der Waals surface area contributed by atoms with Crippen LogP contribution in [-0.2, 0) is 25.3 Å². The summed E-state index contributed by atoms with van der Waals surface area (Å²) in [7, 11) is 5.77. The van der Waals surface area contributed by atoms with Crippen molar-refractivity contribution in [2.24, 2.45) is 14.1 Å². The highest BCUT2D eigenvalue weighted by Gasteiger charge is 2.42. The Labute approximate surface area is 337 Å². The Morgan fingerprint density at radius 2 is 1.40 bits per heavy atom. The van der Waals surface area contributed by atoms with Crippen molar-refractivity contribution >= 4 is 34.7 Å². The van der Waals surface area contributed by atoms with Crippen LogP contribution >= 0.6 is 0 Å². The van der Waals surface area contributed by atoms with Gasteiger partial charge in [0, 0.05) is 25.3 Å². The van der Waals surface area contributed by atoms with Crippen LogP contribution in [0.2, 0.25) is 0 Å². The van der Waals surface area contributed by atoms with Crippen molar-refractivity contribution in [1.29, 1.82) is 0 Å². The molecule has 310 valence electrons. The third-order valence-corrected chi connectivity index (χ3v) is 9.05. The van der Waals surface area contributed by atoms with Gasteiger partial charge in [-0.25, -0.2) is 32.3 Å². The van der Waals surface area contributed by atoms with Crippen molar-refractivity contribution in [3.63, 3.8) is 0 Å². The van der Waals surface area contributed by atoms with E-state index in [1.165, 1.54) is 66.3 Å². The number of nitrogens with zero attached hydrogens (tertiary/aromatic N) is 7. The van der Waals surface area contributed by atoms with E-state index in [1.54, 1.807) is 38.4 Å². The third kappa shape index (κ3) is 9.72. The number of carbonyl (C=O) groups is 4. The molecule has 1 aliphatic rings. The molecule has 0 amide bonds. The Morgan fingerprint density at radius 1 is 0.817 bits per heavy atom. The van der Waals surface area contributed by atoms with E-state index in [-0.39, 0.29) is 40.7 Å². The summed E-state index contributed by atoms with van der Waals surface area (Å²) in [5.41, 5.74) is -0.849. The van der Waals surface area contributed by atoms with Crippen LogP contribution in [0.3, 0.4) is 0 Å². The number of benzene rings is 4. The number of nitrogens with one attached hydrogen (secondary N) is 1. The van der Waals surface area contributed by atoms with Crippen molar-refractivity contribution in [2.45, 2.75) is 25.3 Å². The fraction of sp³-hybridized carbons (Fsp3) is 0.200. The van der Waals surface area contributed by atoms with Gasteiger partial charge in [-0.05, 0) is 67.1 Å². The number of nitro benzene ring substituents is 1. The molecule has 1 N–H and O–H groups in total. The van der Waals surface area contributed by atoms with Gasteiger partial charge in [0.2, 0.25) is 0 Å². The Bertz CT molecular complexity index is 2580. The van der Waals surface area contributed by atoms with Crippen LogP contribution in [-0.4, -0.2) is 72.0 Å². The number of halogens is 4. The summed E-state index contributed by atoms with van der Waals surface area (Å²) in [5, 5.41) is 22.1. The molecule has 16 nitrogen and oxygen atoms in total. The first-order valence-corrected chi connectivity index (χ1v) is 17.5. The maximum absolute atomic E-state index is 14.1. The fourth-order valence-corrected chi connectivity index (χ4v) is 6.20. The first kappa shape index (κ1) is 43.5. The lowest BCUT2D eigenvalue weighted by atomic mass is 9.79. The summed E-state index contributed by atoms with van der Waals surface area (Å²) >= 11 is 0. The predicted molar refractivity (Wildman–Crippen MR) is 204 cm³/mol. The van der Waals surface area contributed by atoms with E-state index in [0.717, 1.165) is 19.2 Å². The highest BCUT2D eigenvalue weighted by Crippen LogP contribution is 2.43. The number of ether oxygens (including phenoxy) is 2. The van der Waals surface area contributed by atoms with Crippen molar-refractivity contribution in [3.8, 4) is 5.75 Å². The topological polar surface area (TPSA) is 203 Å². The zero-order valence-corrected chi connectivity index (χ0v) is 32.4. The highest BCUT2D eigenvalue weighted by atomic mass is 19.1. The van der Waals surface area contributed by atoms with Crippen molar-refractivity contribution in [1.82, 2.24) is 29.5 Å².